The zero-order chi connectivity index (χ0) is 40.7. The Labute approximate surface area is 356 Å². The van der Waals surface area contributed by atoms with Gasteiger partial charge in [0.25, 0.3) is 0 Å². The fourth-order valence-corrected chi connectivity index (χ4v) is 9.79. The molecule has 10 aromatic carbocycles. The Morgan fingerprint density at radius 2 is 0.661 bits per heavy atom. The van der Waals surface area contributed by atoms with E-state index >= 15 is 0 Å². The van der Waals surface area contributed by atoms with Crippen molar-refractivity contribution < 1.29 is 0 Å². The molecule has 3 heterocycles. The van der Waals surface area contributed by atoms with Gasteiger partial charge in [-0.05, 0) is 99.4 Å². The Hall–Kier alpha value is -8.41. The molecule has 0 bridgehead atoms. The van der Waals surface area contributed by atoms with Gasteiger partial charge >= 0.3 is 0 Å². The van der Waals surface area contributed by atoms with Gasteiger partial charge in [0.1, 0.15) is 0 Å². The molecular weight excluding hydrogens is 755 g/mol. The molecule has 3 aromatic heterocycles. The average Bonchev–Trinajstić information content (AvgIpc) is 3.87. The fraction of sp³-hybridized carbons (Fsp3) is 0. The van der Waals surface area contributed by atoms with Crippen LogP contribution in [0.25, 0.3) is 122 Å². The third-order valence-corrected chi connectivity index (χ3v) is 12.5. The second-order valence-corrected chi connectivity index (χ2v) is 16.0. The highest BCUT2D eigenvalue weighted by Crippen LogP contribution is 2.48. The minimum atomic E-state index is 0.633. The normalized spacial score (nSPS) is 11.9. The van der Waals surface area contributed by atoms with Crippen LogP contribution in [0.1, 0.15) is 0 Å². The number of aromatic nitrogens is 5. The van der Waals surface area contributed by atoms with Crippen molar-refractivity contribution in [3.05, 3.63) is 212 Å². The minimum Gasteiger partial charge on any atom is -0.309 e. The number of rotatable bonds is 6. The maximum Gasteiger partial charge on any atom is 0.164 e. The van der Waals surface area contributed by atoms with Gasteiger partial charge in [0.2, 0.25) is 0 Å². The van der Waals surface area contributed by atoms with Crippen molar-refractivity contribution in [3.8, 4) is 56.7 Å². The van der Waals surface area contributed by atoms with Crippen LogP contribution in [0, 0.1) is 0 Å². The fourth-order valence-electron chi connectivity index (χ4n) is 9.79. The molecule has 0 N–H and O–H groups in total. The Morgan fingerprint density at radius 1 is 0.242 bits per heavy atom. The van der Waals surface area contributed by atoms with E-state index in [4.69, 9.17) is 15.0 Å². The van der Waals surface area contributed by atoms with Crippen LogP contribution in [-0.4, -0.2) is 24.1 Å². The summed E-state index contributed by atoms with van der Waals surface area (Å²) in [5, 5.41) is 9.99. The van der Waals surface area contributed by atoms with Crippen molar-refractivity contribution in [2.45, 2.75) is 0 Å². The maximum absolute atomic E-state index is 5.03. The van der Waals surface area contributed by atoms with Crippen molar-refractivity contribution in [3.63, 3.8) is 0 Å². The van der Waals surface area contributed by atoms with E-state index < -0.39 is 0 Å². The van der Waals surface area contributed by atoms with E-state index in [1.54, 1.807) is 0 Å². The first kappa shape index (κ1) is 34.5. The van der Waals surface area contributed by atoms with Crippen molar-refractivity contribution in [1.82, 2.24) is 24.1 Å². The first-order valence-electron chi connectivity index (χ1n) is 21.0. The minimum absolute atomic E-state index is 0.633. The third kappa shape index (κ3) is 5.18. The summed E-state index contributed by atoms with van der Waals surface area (Å²) in [4.78, 5) is 15.0. The molecule has 13 aromatic rings. The molecule has 5 heteroatoms. The Kier molecular flexibility index (Phi) is 7.54. The van der Waals surface area contributed by atoms with E-state index in [0.29, 0.717) is 17.5 Å². The summed E-state index contributed by atoms with van der Waals surface area (Å²) in [5.41, 5.74) is 12.1. The number of para-hydroxylation sites is 1. The molecule has 288 valence electrons. The molecule has 0 aliphatic carbocycles. The molecular formula is C57H35N5. The van der Waals surface area contributed by atoms with Crippen LogP contribution in [0.2, 0.25) is 0 Å². The molecule has 0 aliphatic heterocycles. The van der Waals surface area contributed by atoms with E-state index in [0.717, 1.165) is 39.1 Å². The molecule has 5 nitrogen and oxygen atoms in total. The number of hydrogen-bond acceptors (Lipinski definition) is 3. The van der Waals surface area contributed by atoms with Crippen molar-refractivity contribution >= 4 is 65.2 Å². The predicted molar refractivity (Wildman–Crippen MR) is 256 cm³/mol. The summed E-state index contributed by atoms with van der Waals surface area (Å²) in [6, 6.07) is 75.8. The number of nitrogens with zero attached hydrogens (tertiary/aromatic N) is 5. The summed E-state index contributed by atoms with van der Waals surface area (Å²) in [6.07, 6.45) is 0. The van der Waals surface area contributed by atoms with Gasteiger partial charge in [0.15, 0.2) is 17.5 Å². The first-order chi connectivity index (χ1) is 30.8. The van der Waals surface area contributed by atoms with E-state index in [1.807, 2.05) is 60.7 Å². The molecule has 0 radical (unpaired) electrons. The zero-order valence-electron chi connectivity index (χ0n) is 33.4. The SMILES string of the molecule is c1ccc(-c2cc3c4ccccc4c4cccc5c4c4c6c3c(c2)n(-c2ccccc2)c6ccc4n5-c2ccc(-c3nc(-c4ccccc4)nc(-c4ccccc4)n3)cc2)cc1. The standard InChI is InChI=1S/C57H35N5/c1-5-16-36(17-6-1)40-34-46-44-25-14-13-24-43(44)45-26-15-27-47-51(45)53-48(32-33-49-54(53)52(46)50(35-40)62(49)41-22-11-4-12-23-41)61(47)42-30-28-39(29-31-42)57-59-55(37-18-7-2-8-19-37)58-56(60-57)38-20-9-3-10-21-38/h1-35H. The van der Waals surface area contributed by atoms with Crippen molar-refractivity contribution in [2.75, 3.05) is 0 Å². The van der Waals surface area contributed by atoms with Crippen molar-refractivity contribution in [1.29, 1.82) is 0 Å². The van der Waals surface area contributed by atoms with Gasteiger partial charge < -0.3 is 9.13 Å². The Balaban J connectivity index is 1.10. The maximum atomic E-state index is 5.03. The number of fused-ring (bicyclic) bond motifs is 3. The highest BCUT2D eigenvalue weighted by Gasteiger charge is 2.25. The molecule has 0 amide bonds. The zero-order valence-corrected chi connectivity index (χ0v) is 33.4. The lowest BCUT2D eigenvalue weighted by Crippen LogP contribution is -2.00. The summed E-state index contributed by atoms with van der Waals surface area (Å²) in [7, 11) is 0. The van der Waals surface area contributed by atoms with Crippen LogP contribution in [0.5, 0.6) is 0 Å². The monoisotopic (exact) mass is 789 g/mol. The quantitative estimate of drug-likeness (QED) is 0.169. The molecule has 0 unspecified atom stereocenters. The van der Waals surface area contributed by atoms with E-state index in [1.165, 1.54) is 65.3 Å². The lowest BCUT2D eigenvalue weighted by Gasteiger charge is -2.12. The molecule has 0 aliphatic rings. The van der Waals surface area contributed by atoms with Crippen LogP contribution in [0.3, 0.4) is 0 Å². The predicted octanol–water partition coefficient (Wildman–Crippen LogP) is 14.5. The average molecular weight is 790 g/mol. The third-order valence-electron chi connectivity index (χ3n) is 12.5. The van der Waals surface area contributed by atoms with E-state index in [2.05, 4.69) is 161 Å². The van der Waals surface area contributed by atoms with Crippen molar-refractivity contribution in [2.24, 2.45) is 0 Å². The Bertz CT molecular complexity index is 3760. The van der Waals surface area contributed by atoms with Gasteiger partial charge in [-0.2, -0.15) is 0 Å². The van der Waals surface area contributed by atoms with E-state index in [-0.39, 0.29) is 0 Å². The topological polar surface area (TPSA) is 48.5 Å². The van der Waals surface area contributed by atoms with Gasteiger partial charge in [0.05, 0.1) is 22.1 Å². The summed E-state index contributed by atoms with van der Waals surface area (Å²) >= 11 is 0. The van der Waals surface area contributed by atoms with Gasteiger partial charge in [-0.25, -0.2) is 15.0 Å². The number of hydrogen-bond donors (Lipinski definition) is 0. The van der Waals surface area contributed by atoms with Gasteiger partial charge in [0, 0.05) is 49.6 Å². The van der Waals surface area contributed by atoms with Crippen LogP contribution in [-0.2, 0) is 0 Å². The smallest absolute Gasteiger partial charge is 0.164 e. The van der Waals surface area contributed by atoms with Crippen LogP contribution in [0.15, 0.2) is 212 Å². The Morgan fingerprint density at radius 3 is 1.24 bits per heavy atom. The van der Waals surface area contributed by atoms with Gasteiger partial charge in [-0.1, -0.05) is 146 Å². The summed E-state index contributed by atoms with van der Waals surface area (Å²) < 4.78 is 4.91. The molecule has 0 spiro atoms. The van der Waals surface area contributed by atoms with E-state index in [9.17, 15) is 0 Å². The second kappa shape index (κ2) is 13.6. The lowest BCUT2D eigenvalue weighted by molar-refractivity contribution is 1.07. The van der Waals surface area contributed by atoms with Gasteiger partial charge in [-0.3, -0.25) is 0 Å². The summed E-state index contributed by atoms with van der Waals surface area (Å²) in [5.74, 6) is 1.93. The molecule has 0 atom stereocenters. The largest absolute Gasteiger partial charge is 0.309 e. The first-order valence-corrected chi connectivity index (χ1v) is 21.0. The van der Waals surface area contributed by atoms with Crippen LogP contribution >= 0.6 is 0 Å². The second-order valence-electron chi connectivity index (χ2n) is 16.0. The highest BCUT2D eigenvalue weighted by molar-refractivity contribution is 6.39. The lowest BCUT2D eigenvalue weighted by atomic mass is 9.92. The van der Waals surface area contributed by atoms with Crippen LogP contribution in [0.4, 0.5) is 0 Å². The number of benzene rings is 9. The molecule has 13 rings (SSSR count). The molecule has 0 saturated heterocycles. The van der Waals surface area contributed by atoms with Gasteiger partial charge in [-0.15, -0.1) is 0 Å². The molecule has 62 heavy (non-hydrogen) atoms. The van der Waals surface area contributed by atoms with Crippen LogP contribution < -0.4 is 0 Å². The highest BCUT2D eigenvalue weighted by atomic mass is 15.0. The molecule has 0 fully saturated rings. The summed E-state index contributed by atoms with van der Waals surface area (Å²) in [6.45, 7) is 0. The molecule has 0 saturated carbocycles.